The Labute approximate surface area is 93.4 Å². The maximum atomic E-state index is 8.06. The Morgan fingerprint density at radius 2 is 2.33 bits per heavy atom. The van der Waals surface area contributed by atoms with E-state index in [1.165, 1.54) is 0 Å². The van der Waals surface area contributed by atoms with Crippen LogP contribution >= 0.6 is 11.6 Å². The molecule has 1 aromatic carbocycles. The van der Waals surface area contributed by atoms with Gasteiger partial charge < -0.3 is 4.74 Å². The van der Waals surface area contributed by atoms with Gasteiger partial charge in [0.15, 0.2) is 0 Å². The predicted molar refractivity (Wildman–Crippen MR) is 60.3 cm³/mol. The molecule has 0 saturated carbocycles. The number of halogens is 1. The summed E-state index contributed by atoms with van der Waals surface area (Å²) in [4.78, 5) is 2.66. The summed E-state index contributed by atoms with van der Waals surface area (Å²) >= 11 is 5.83. The normalized spacial score (nSPS) is 9.47. The Kier molecular flexibility index (Phi) is 4.81. The van der Waals surface area contributed by atoms with Crippen molar-refractivity contribution in [1.82, 2.24) is 0 Å². The number of hydrogen-bond acceptors (Lipinski definition) is 2. The molecule has 4 nitrogen and oxygen atoms in total. The summed E-state index contributed by atoms with van der Waals surface area (Å²) in [7, 11) is 0. The van der Waals surface area contributed by atoms with Gasteiger partial charge in [0, 0.05) is 16.5 Å². The first-order chi connectivity index (χ1) is 7.24. The third-order valence-electron chi connectivity index (χ3n) is 1.87. The van der Waals surface area contributed by atoms with Gasteiger partial charge in [0.05, 0.1) is 6.61 Å². The van der Waals surface area contributed by atoms with Crippen molar-refractivity contribution in [3.05, 3.63) is 39.2 Å². The van der Waals surface area contributed by atoms with Gasteiger partial charge in [-0.15, -0.1) is 0 Å². The predicted octanol–water partition coefficient (Wildman–Crippen LogP) is 3.73. The largest absolute Gasteiger partial charge is 0.493 e. The van der Waals surface area contributed by atoms with Crippen LogP contribution in [0.15, 0.2) is 23.3 Å². The van der Waals surface area contributed by atoms with Crippen molar-refractivity contribution in [2.45, 2.75) is 13.3 Å². The van der Waals surface area contributed by atoms with Crippen LogP contribution in [-0.4, -0.2) is 13.2 Å². The fourth-order valence-corrected chi connectivity index (χ4v) is 1.25. The summed E-state index contributed by atoms with van der Waals surface area (Å²) in [5.41, 5.74) is 9.11. The lowest BCUT2D eigenvalue weighted by Crippen LogP contribution is -2.00. The highest BCUT2D eigenvalue weighted by Gasteiger charge is 1.99. The van der Waals surface area contributed by atoms with Gasteiger partial charge in [-0.2, -0.15) is 0 Å². The molecule has 0 aliphatic rings. The minimum Gasteiger partial charge on any atom is -0.493 e. The first-order valence-electron chi connectivity index (χ1n) is 4.64. The maximum Gasteiger partial charge on any atom is 0.123 e. The smallest absolute Gasteiger partial charge is 0.123 e. The van der Waals surface area contributed by atoms with E-state index in [9.17, 15) is 0 Å². The molecular formula is C10H12ClN3O. The van der Waals surface area contributed by atoms with Gasteiger partial charge >= 0.3 is 0 Å². The molecule has 0 amide bonds. The second-order valence-corrected chi connectivity index (χ2v) is 3.50. The van der Waals surface area contributed by atoms with Crippen LogP contribution in [0, 0.1) is 6.92 Å². The summed E-state index contributed by atoms with van der Waals surface area (Å²) < 4.78 is 5.50. The summed E-state index contributed by atoms with van der Waals surface area (Å²) in [5.74, 6) is 0.781. The number of azide groups is 1. The van der Waals surface area contributed by atoms with E-state index >= 15 is 0 Å². The van der Waals surface area contributed by atoms with Crippen LogP contribution in [-0.2, 0) is 0 Å². The number of hydrogen-bond donors (Lipinski definition) is 0. The van der Waals surface area contributed by atoms with E-state index in [1.807, 2.05) is 19.1 Å². The van der Waals surface area contributed by atoms with Crippen molar-refractivity contribution in [2.75, 3.05) is 13.2 Å². The molecule has 0 bridgehead atoms. The van der Waals surface area contributed by atoms with E-state index in [0.717, 1.165) is 11.3 Å². The topological polar surface area (TPSA) is 58.0 Å². The van der Waals surface area contributed by atoms with Crippen molar-refractivity contribution < 1.29 is 4.74 Å². The van der Waals surface area contributed by atoms with E-state index in [1.54, 1.807) is 6.07 Å². The summed E-state index contributed by atoms with van der Waals surface area (Å²) in [6.45, 7) is 2.94. The van der Waals surface area contributed by atoms with Crippen molar-refractivity contribution in [3.8, 4) is 5.75 Å². The van der Waals surface area contributed by atoms with Crippen molar-refractivity contribution in [1.29, 1.82) is 0 Å². The van der Waals surface area contributed by atoms with E-state index in [0.29, 0.717) is 24.6 Å². The minimum atomic E-state index is 0.454. The van der Waals surface area contributed by atoms with Crippen LogP contribution in [0.5, 0.6) is 5.75 Å². The molecule has 15 heavy (non-hydrogen) atoms. The highest BCUT2D eigenvalue weighted by atomic mass is 35.5. The fourth-order valence-electron chi connectivity index (χ4n) is 1.09. The molecule has 0 fully saturated rings. The van der Waals surface area contributed by atoms with E-state index in [-0.39, 0.29) is 0 Å². The molecule has 0 N–H and O–H groups in total. The quantitative estimate of drug-likeness (QED) is 0.326. The molecule has 0 aromatic heterocycles. The molecule has 0 atom stereocenters. The zero-order valence-electron chi connectivity index (χ0n) is 8.48. The maximum absolute atomic E-state index is 8.06. The van der Waals surface area contributed by atoms with Gasteiger partial charge in [0.2, 0.25) is 0 Å². The van der Waals surface area contributed by atoms with Gasteiger partial charge in [-0.05, 0) is 36.6 Å². The van der Waals surface area contributed by atoms with Crippen LogP contribution < -0.4 is 4.74 Å². The van der Waals surface area contributed by atoms with Gasteiger partial charge in [-0.1, -0.05) is 22.8 Å². The Bertz CT molecular complexity index is 375. The highest BCUT2D eigenvalue weighted by molar-refractivity contribution is 6.30. The Balaban J connectivity index is 2.43. The second kappa shape index (κ2) is 6.17. The Morgan fingerprint density at radius 1 is 1.53 bits per heavy atom. The summed E-state index contributed by atoms with van der Waals surface area (Å²) in [6.07, 6.45) is 0.704. The van der Waals surface area contributed by atoms with Crippen molar-refractivity contribution in [2.24, 2.45) is 5.11 Å². The van der Waals surface area contributed by atoms with Crippen molar-refractivity contribution in [3.63, 3.8) is 0 Å². The Hall–Kier alpha value is -1.38. The van der Waals surface area contributed by atoms with E-state index < -0.39 is 0 Å². The lowest BCUT2D eigenvalue weighted by Gasteiger charge is -2.08. The molecule has 0 saturated heterocycles. The third-order valence-corrected chi connectivity index (χ3v) is 2.11. The van der Waals surface area contributed by atoms with Gasteiger partial charge in [0.1, 0.15) is 5.75 Å². The molecule has 0 spiro atoms. The number of ether oxygens (including phenoxy) is 1. The molecule has 0 heterocycles. The van der Waals surface area contributed by atoms with E-state index in [2.05, 4.69) is 10.0 Å². The van der Waals surface area contributed by atoms with Crippen LogP contribution in [0.4, 0.5) is 0 Å². The summed E-state index contributed by atoms with van der Waals surface area (Å²) in [5, 5.41) is 4.08. The first kappa shape index (κ1) is 11.7. The van der Waals surface area contributed by atoms with Crippen LogP contribution in [0.25, 0.3) is 10.4 Å². The number of aryl methyl sites for hydroxylation is 1. The van der Waals surface area contributed by atoms with E-state index in [4.69, 9.17) is 21.9 Å². The lowest BCUT2D eigenvalue weighted by molar-refractivity contribution is 0.311. The van der Waals surface area contributed by atoms with Crippen molar-refractivity contribution >= 4 is 11.6 Å². The number of benzene rings is 1. The molecule has 0 aliphatic heterocycles. The number of rotatable bonds is 5. The first-order valence-corrected chi connectivity index (χ1v) is 5.01. The average molecular weight is 226 g/mol. The monoisotopic (exact) mass is 225 g/mol. The Morgan fingerprint density at radius 3 is 3.07 bits per heavy atom. The van der Waals surface area contributed by atoms with Crippen LogP contribution in [0.1, 0.15) is 12.0 Å². The zero-order valence-corrected chi connectivity index (χ0v) is 9.24. The highest BCUT2D eigenvalue weighted by Crippen LogP contribution is 2.22. The van der Waals surface area contributed by atoms with Gasteiger partial charge in [0.25, 0.3) is 0 Å². The van der Waals surface area contributed by atoms with Crippen LogP contribution in [0.2, 0.25) is 5.02 Å². The standard InChI is InChI=1S/C10H12ClN3O/c1-8-3-4-9(11)7-10(8)15-6-2-5-13-14-12/h3-4,7H,2,5-6H2,1H3. The second-order valence-electron chi connectivity index (χ2n) is 3.07. The molecule has 80 valence electrons. The molecule has 5 heteroatoms. The SMILES string of the molecule is Cc1ccc(Cl)cc1OCCCN=[N+]=[N-]. The molecule has 0 unspecified atom stereocenters. The third kappa shape index (κ3) is 4.11. The molecule has 0 aliphatic carbocycles. The molecule has 1 rings (SSSR count). The van der Waals surface area contributed by atoms with Gasteiger partial charge in [-0.25, -0.2) is 0 Å². The molecular weight excluding hydrogens is 214 g/mol. The lowest BCUT2D eigenvalue weighted by atomic mass is 10.2. The number of nitrogens with zero attached hydrogens (tertiary/aromatic N) is 3. The zero-order chi connectivity index (χ0) is 11.1. The fraction of sp³-hybridized carbons (Fsp3) is 0.400. The average Bonchev–Trinajstić information content (AvgIpc) is 2.23. The molecule has 1 aromatic rings. The summed E-state index contributed by atoms with van der Waals surface area (Å²) in [6, 6.07) is 5.51. The minimum absolute atomic E-state index is 0.454. The van der Waals surface area contributed by atoms with Crippen LogP contribution in [0.3, 0.4) is 0 Å². The molecule has 0 radical (unpaired) electrons. The van der Waals surface area contributed by atoms with Gasteiger partial charge in [-0.3, -0.25) is 0 Å².